The minimum absolute atomic E-state index is 0.0859. The van der Waals surface area contributed by atoms with Crippen LogP contribution in [0.15, 0.2) is 28.8 Å². The zero-order valence-electron chi connectivity index (χ0n) is 16.2. The van der Waals surface area contributed by atoms with Gasteiger partial charge in [-0.25, -0.2) is 4.98 Å². The average Bonchev–Trinajstić information content (AvgIpc) is 3.05. The van der Waals surface area contributed by atoms with Gasteiger partial charge >= 0.3 is 0 Å². The second-order valence-electron chi connectivity index (χ2n) is 6.43. The number of likely N-dealkylation sites (N-methyl/N-ethyl adjacent to an activating group) is 1. The predicted molar refractivity (Wildman–Crippen MR) is 101 cm³/mol. The van der Waals surface area contributed by atoms with E-state index in [2.05, 4.69) is 10.1 Å². The Labute approximate surface area is 157 Å². The fourth-order valence-electron chi connectivity index (χ4n) is 3.03. The SMILES string of the molecule is COc1ccc(CCN(C)C(=O)c2cc(C)nc3onc(C)c23)cc1OC. The van der Waals surface area contributed by atoms with Gasteiger partial charge in [-0.1, -0.05) is 11.2 Å². The topological polar surface area (TPSA) is 77.7 Å². The largest absolute Gasteiger partial charge is 0.493 e. The van der Waals surface area contributed by atoms with Crippen LogP contribution in [0.2, 0.25) is 0 Å². The summed E-state index contributed by atoms with van der Waals surface area (Å²) in [5.41, 5.74) is 3.39. The molecule has 0 saturated carbocycles. The summed E-state index contributed by atoms with van der Waals surface area (Å²) in [7, 11) is 5.00. The lowest BCUT2D eigenvalue weighted by molar-refractivity contribution is 0.0798. The fourth-order valence-corrected chi connectivity index (χ4v) is 3.03. The smallest absolute Gasteiger partial charge is 0.258 e. The van der Waals surface area contributed by atoms with E-state index in [-0.39, 0.29) is 5.91 Å². The number of nitrogens with zero attached hydrogens (tertiary/aromatic N) is 3. The highest BCUT2D eigenvalue weighted by Gasteiger charge is 2.20. The first kappa shape index (κ1) is 18.7. The van der Waals surface area contributed by atoms with Gasteiger partial charge in [0.1, 0.15) is 0 Å². The van der Waals surface area contributed by atoms with E-state index >= 15 is 0 Å². The van der Waals surface area contributed by atoms with Crippen molar-refractivity contribution in [2.45, 2.75) is 20.3 Å². The summed E-state index contributed by atoms with van der Waals surface area (Å²) in [6, 6.07) is 7.54. The van der Waals surface area contributed by atoms with Crippen molar-refractivity contribution in [3.05, 3.63) is 46.8 Å². The number of hydrogen-bond donors (Lipinski definition) is 0. The molecule has 0 bridgehead atoms. The summed E-state index contributed by atoms with van der Waals surface area (Å²) in [5, 5.41) is 4.60. The first-order valence-corrected chi connectivity index (χ1v) is 8.64. The van der Waals surface area contributed by atoms with Crippen molar-refractivity contribution in [3.63, 3.8) is 0 Å². The fraction of sp³-hybridized carbons (Fsp3) is 0.350. The van der Waals surface area contributed by atoms with Gasteiger partial charge in [-0.2, -0.15) is 0 Å². The van der Waals surface area contributed by atoms with Crippen molar-refractivity contribution in [2.75, 3.05) is 27.8 Å². The molecule has 0 unspecified atom stereocenters. The van der Waals surface area contributed by atoms with Gasteiger partial charge in [0.2, 0.25) is 0 Å². The molecule has 0 spiro atoms. The molecule has 7 nitrogen and oxygen atoms in total. The number of methoxy groups -OCH3 is 2. The second kappa shape index (κ2) is 7.65. The van der Waals surface area contributed by atoms with Crippen molar-refractivity contribution >= 4 is 17.0 Å². The molecule has 0 radical (unpaired) electrons. The molecule has 3 rings (SSSR count). The van der Waals surface area contributed by atoms with Crippen LogP contribution in [0.25, 0.3) is 11.1 Å². The highest BCUT2D eigenvalue weighted by molar-refractivity contribution is 6.05. The number of aromatic nitrogens is 2. The molecule has 0 saturated heterocycles. The highest BCUT2D eigenvalue weighted by atomic mass is 16.5. The number of carbonyl (C=O) groups excluding carboxylic acids is 1. The zero-order valence-corrected chi connectivity index (χ0v) is 16.2. The molecule has 0 N–H and O–H groups in total. The Kier molecular flexibility index (Phi) is 5.30. The third-order valence-corrected chi connectivity index (χ3v) is 4.51. The van der Waals surface area contributed by atoms with Crippen LogP contribution in [0.4, 0.5) is 0 Å². The van der Waals surface area contributed by atoms with E-state index in [0.29, 0.717) is 46.8 Å². The Balaban J connectivity index is 1.78. The molecule has 0 atom stereocenters. The van der Waals surface area contributed by atoms with E-state index in [1.54, 1.807) is 32.2 Å². The predicted octanol–water partition coefficient (Wildman–Crippen LogP) is 3.17. The Morgan fingerprint density at radius 1 is 1.15 bits per heavy atom. The van der Waals surface area contributed by atoms with Gasteiger partial charge in [-0.3, -0.25) is 4.79 Å². The number of benzene rings is 1. The molecule has 0 aliphatic heterocycles. The Hall–Kier alpha value is -3.09. The number of amides is 1. The highest BCUT2D eigenvalue weighted by Crippen LogP contribution is 2.28. The summed E-state index contributed by atoms with van der Waals surface area (Å²) in [4.78, 5) is 19.0. The number of pyridine rings is 1. The first-order valence-electron chi connectivity index (χ1n) is 8.64. The lowest BCUT2D eigenvalue weighted by Gasteiger charge is -2.18. The van der Waals surface area contributed by atoms with Crippen LogP contribution in [-0.2, 0) is 6.42 Å². The molecule has 7 heteroatoms. The number of ether oxygens (including phenoxy) is 2. The van der Waals surface area contributed by atoms with Gasteiger partial charge < -0.3 is 18.9 Å². The molecule has 27 heavy (non-hydrogen) atoms. The summed E-state index contributed by atoms with van der Waals surface area (Å²) in [5.74, 6) is 1.27. The Morgan fingerprint density at radius 3 is 2.59 bits per heavy atom. The van der Waals surface area contributed by atoms with Crippen LogP contribution >= 0.6 is 0 Å². The minimum Gasteiger partial charge on any atom is -0.493 e. The van der Waals surface area contributed by atoms with Gasteiger partial charge in [0.05, 0.1) is 30.9 Å². The zero-order chi connectivity index (χ0) is 19.6. The Bertz CT molecular complexity index is 981. The van der Waals surface area contributed by atoms with Gasteiger partial charge in [0, 0.05) is 19.3 Å². The van der Waals surface area contributed by atoms with Gasteiger partial charge in [-0.05, 0) is 44.0 Å². The summed E-state index contributed by atoms with van der Waals surface area (Å²) < 4.78 is 15.8. The molecule has 0 fully saturated rings. The van der Waals surface area contributed by atoms with E-state index in [1.807, 2.05) is 32.0 Å². The lowest BCUT2D eigenvalue weighted by Crippen LogP contribution is -2.29. The standard InChI is InChI=1S/C20H23N3O4/c1-12-10-15(18-13(2)22-27-19(18)21-12)20(24)23(3)9-8-14-6-7-16(25-4)17(11-14)26-5/h6-7,10-11H,8-9H2,1-5H3. The minimum atomic E-state index is -0.0859. The molecule has 0 aliphatic rings. The first-order chi connectivity index (χ1) is 12.9. The van der Waals surface area contributed by atoms with Crippen molar-refractivity contribution in [1.82, 2.24) is 15.0 Å². The molecule has 2 aromatic heterocycles. The van der Waals surface area contributed by atoms with Crippen molar-refractivity contribution < 1.29 is 18.8 Å². The summed E-state index contributed by atoms with van der Waals surface area (Å²) in [6.07, 6.45) is 0.693. The summed E-state index contributed by atoms with van der Waals surface area (Å²) >= 11 is 0. The maximum Gasteiger partial charge on any atom is 0.258 e. The third-order valence-electron chi connectivity index (χ3n) is 4.51. The molecular weight excluding hydrogens is 346 g/mol. The van der Waals surface area contributed by atoms with E-state index in [0.717, 1.165) is 11.3 Å². The second-order valence-corrected chi connectivity index (χ2v) is 6.43. The number of rotatable bonds is 6. The maximum absolute atomic E-state index is 13.0. The molecule has 0 aliphatic carbocycles. The molecule has 1 amide bonds. The van der Waals surface area contributed by atoms with Crippen LogP contribution in [0.5, 0.6) is 11.5 Å². The van der Waals surface area contributed by atoms with E-state index < -0.39 is 0 Å². The third kappa shape index (κ3) is 3.72. The van der Waals surface area contributed by atoms with Gasteiger partial charge in [-0.15, -0.1) is 0 Å². The summed E-state index contributed by atoms with van der Waals surface area (Å²) in [6.45, 7) is 4.20. The molecule has 3 aromatic rings. The van der Waals surface area contributed by atoms with Crippen LogP contribution in [0, 0.1) is 13.8 Å². The molecule has 2 heterocycles. The normalized spacial score (nSPS) is 10.9. The van der Waals surface area contributed by atoms with Crippen molar-refractivity contribution in [2.24, 2.45) is 0 Å². The van der Waals surface area contributed by atoms with Crippen molar-refractivity contribution in [3.8, 4) is 11.5 Å². The molecule has 1 aromatic carbocycles. The monoisotopic (exact) mass is 369 g/mol. The van der Waals surface area contributed by atoms with Crippen LogP contribution < -0.4 is 9.47 Å². The number of carbonyl (C=O) groups is 1. The Morgan fingerprint density at radius 2 is 1.89 bits per heavy atom. The van der Waals surface area contributed by atoms with Crippen LogP contribution in [0.3, 0.4) is 0 Å². The van der Waals surface area contributed by atoms with E-state index in [1.165, 1.54) is 0 Å². The number of fused-ring (bicyclic) bond motifs is 1. The average molecular weight is 369 g/mol. The van der Waals surface area contributed by atoms with E-state index in [4.69, 9.17) is 14.0 Å². The number of hydrogen-bond acceptors (Lipinski definition) is 6. The van der Waals surface area contributed by atoms with Crippen LogP contribution in [-0.4, -0.2) is 48.8 Å². The molecular formula is C20H23N3O4. The van der Waals surface area contributed by atoms with Crippen LogP contribution in [0.1, 0.15) is 27.3 Å². The molecule has 142 valence electrons. The van der Waals surface area contributed by atoms with Crippen molar-refractivity contribution in [1.29, 1.82) is 0 Å². The lowest BCUT2D eigenvalue weighted by atomic mass is 10.1. The van der Waals surface area contributed by atoms with Gasteiger partial charge in [0.15, 0.2) is 11.5 Å². The van der Waals surface area contributed by atoms with Gasteiger partial charge in [0.25, 0.3) is 11.6 Å². The maximum atomic E-state index is 13.0. The number of aryl methyl sites for hydroxylation is 2. The quantitative estimate of drug-likeness (QED) is 0.664. The van der Waals surface area contributed by atoms with E-state index in [9.17, 15) is 4.79 Å².